The molecule has 0 aromatic heterocycles. The second-order valence-electron chi connectivity index (χ2n) is 7.62. The highest BCUT2D eigenvalue weighted by Gasteiger charge is 2.33. The molecule has 1 saturated carbocycles. The van der Waals surface area contributed by atoms with Crippen LogP contribution < -0.4 is 10.6 Å². The van der Waals surface area contributed by atoms with E-state index in [-0.39, 0.29) is 24.3 Å². The molecule has 0 saturated heterocycles. The fourth-order valence-electron chi connectivity index (χ4n) is 3.78. The normalized spacial score (nSPS) is 19.2. The molecule has 1 aliphatic carbocycles. The Balaban J connectivity index is 1.64. The number of hydrogen-bond donors (Lipinski definition) is 2. The van der Waals surface area contributed by atoms with Gasteiger partial charge in [0.15, 0.2) is 11.6 Å². The van der Waals surface area contributed by atoms with E-state index in [0.717, 1.165) is 29.4 Å². The van der Waals surface area contributed by atoms with Crippen LogP contribution in [0.2, 0.25) is 0 Å². The van der Waals surface area contributed by atoms with Crippen molar-refractivity contribution in [3.63, 3.8) is 0 Å². The van der Waals surface area contributed by atoms with Crippen LogP contribution in [0.1, 0.15) is 41.6 Å². The summed E-state index contributed by atoms with van der Waals surface area (Å²) in [5.41, 5.74) is 0.913. The number of hydrogen-bond acceptors (Lipinski definition) is 3. The van der Waals surface area contributed by atoms with Gasteiger partial charge in [-0.25, -0.2) is 8.78 Å². The van der Waals surface area contributed by atoms with Crippen LogP contribution in [-0.4, -0.2) is 23.9 Å². The summed E-state index contributed by atoms with van der Waals surface area (Å²) in [6, 6.07) is 11.1. The van der Waals surface area contributed by atoms with E-state index < -0.39 is 23.6 Å². The maximum absolute atomic E-state index is 13.4. The molecule has 0 spiro atoms. The predicted molar refractivity (Wildman–Crippen MR) is 115 cm³/mol. The molecule has 1 aliphatic rings. The van der Waals surface area contributed by atoms with E-state index in [9.17, 15) is 23.6 Å². The molecule has 8 heteroatoms. The lowest BCUT2D eigenvalue weighted by Gasteiger charge is -2.32. The lowest BCUT2D eigenvalue weighted by atomic mass is 9.83. The largest absolute Gasteiger partial charge is 0.349 e. The van der Waals surface area contributed by atoms with E-state index >= 15 is 0 Å². The maximum atomic E-state index is 13.4. The molecular formula is C23H22BrF2N3O2. The molecular weight excluding hydrogens is 468 g/mol. The SMILES string of the molecule is N#C[C@H](Cc1ccc(F)c(F)c1)NC(=O)C1CCCCC1NC(=O)c1ccc(Br)cc1. The zero-order valence-corrected chi connectivity index (χ0v) is 18.3. The molecule has 162 valence electrons. The molecule has 2 amide bonds. The Morgan fingerprint density at radius 2 is 1.81 bits per heavy atom. The fraction of sp³-hybridized carbons (Fsp3) is 0.348. The Bertz CT molecular complexity index is 991. The maximum Gasteiger partial charge on any atom is 0.251 e. The van der Waals surface area contributed by atoms with E-state index in [1.165, 1.54) is 6.07 Å². The van der Waals surface area contributed by atoms with Gasteiger partial charge in [0.2, 0.25) is 5.91 Å². The summed E-state index contributed by atoms with van der Waals surface area (Å²) in [4.78, 5) is 25.5. The average molecular weight is 490 g/mol. The second kappa shape index (κ2) is 10.5. The number of benzene rings is 2. The van der Waals surface area contributed by atoms with Crippen molar-refractivity contribution in [3.8, 4) is 6.07 Å². The molecule has 1 fully saturated rings. The quantitative estimate of drug-likeness (QED) is 0.635. The van der Waals surface area contributed by atoms with Crippen molar-refractivity contribution >= 4 is 27.7 Å². The molecule has 3 atom stereocenters. The Labute approximate surface area is 188 Å². The summed E-state index contributed by atoms with van der Waals surface area (Å²) in [5, 5.41) is 15.1. The first-order valence-electron chi connectivity index (χ1n) is 10.1. The second-order valence-corrected chi connectivity index (χ2v) is 8.54. The van der Waals surface area contributed by atoms with Crippen LogP contribution in [0.5, 0.6) is 0 Å². The van der Waals surface area contributed by atoms with Gasteiger partial charge >= 0.3 is 0 Å². The van der Waals surface area contributed by atoms with E-state index in [4.69, 9.17) is 0 Å². The highest BCUT2D eigenvalue weighted by molar-refractivity contribution is 9.10. The van der Waals surface area contributed by atoms with Crippen molar-refractivity contribution < 1.29 is 18.4 Å². The van der Waals surface area contributed by atoms with Crippen LogP contribution in [0.25, 0.3) is 0 Å². The molecule has 5 nitrogen and oxygen atoms in total. The van der Waals surface area contributed by atoms with Crippen molar-refractivity contribution in [2.45, 2.75) is 44.2 Å². The molecule has 0 aliphatic heterocycles. The highest BCUT2D eigenvalue weighted by Crippen LogP contribution is 2.25. The fourth-order valence-corrected chi connectivity index (χ4v) is 4.04. The Morgan fingerprint density at radius 1 is 1.10 bits per heavy atom. The van der Waals surface area contributed by atoms with Gasteiger partial charge in [-0.15, -0.1) is 0 Å². The average Bonchev–Trinajstić information content (AvgIpc) is 2.76. The minimum absolute atomic E-state index is 0.0576. The van der Waals surface area contributed by atoms with E-state index in [2.05, 4.69) is 26.6 Å². The minimum atomic E-state index is -0.997. The van der Waals surface area contributed by atoms with Gasteiger partial charge in [0.1, 0.15) is 6.04 Å². The number of nitriles is 1. The number of rotatable bonds is 6. The first-order valence-corrected chi connectivity index (χ1v) is 10.9. The van der Waals surface area contributed by atoms with Crippen LogP contribution in [0.4, 0.5) is 8.78 Å². The molecule has 2 unspecified atom stereocenters. The van der Waals surface area contributed by atoms with E-state index in [1.807, 2.05) is 6.07 Å². The molecule has 2 aromatic rings. The molecule has 31 heavy (non-hydrogen) atoms. The number of nitrogens with zero attached hydrogens (tertiary/aromatic N) is 1. The van der Waals surface area contributed by atoms with E-state index in [1.54, 1.807) is 24.3 Å². The van der Waals surface area contributed by atoms with Gasteiger partial charge in [-0.3, -0.25) is 9.59 Å². The highest BCUT2D eigenvalue weighted by atomic mass is 79.9. The summed E-state index contributed by atoms with van der Waals surface area (Å²) in [7, 11) is 0. The summed E-state index contributed by atoms with van der Waals surface area (Å²) >= 11 is 3.33. The van der Waals surface area contributed by atoms with Gasteiger partial charge in [0.25, 0.3) is 5.91 Å². The number of amides is 2. The van der Waals surface area contributed by atoms with Gasteiger partial charge in [-0.05, 0) is 54.8 Å². The van der Waals surface area contributed by atoms with Crippen LogP contribution in [0, 0.1) is 28.9 Å². The molecule has 0 bridgehead atoms. The number of halogens is 3. The standard InChI is InChI=1S/C23H22BrF2N3O2/c24-16-8-6-15(7-9-16)22(30)29-21-4-2-1-3-18(21)23(31)28-17(13-27)11-14-5-10-19(25)20(26)12-14/h5-10,12,17-18,21H,1-4,11H2,(H,28,31)(H,29,30)/t17-,18?,21?/m0/s1. The minimum Gasteiger partial charge on any atom is -0.349 e. The summed E-state index contributed by atoms with van der Waals surface area (Å²) < 4.78 is 27.4. The van der Waals surface area contributed by atoms with Crippen molar-refractivity contribution in [2.75, 3.05) is 0 Å². The Kier molecular flexibility index (Phi) is 7.75. The first-order chi connectivity index (χ1) is 14.9. The van der Waals surface area contributed by atoms with Crippen molar-refractivity contribution in [2.24, 2.45) is 5.92 Å². The molecule has 2 aromatic carbocycles. The van der Waals surface area contributed by atoms with Gasteiger partial charge in [0, 0.05) is 22.5 Å². The van der Waals surface area contributed by atoms with Gasteiger partial charge in [-0.1, -0.05) is 34.8 Å². The number of carbonyl (C=O) groups excluding carboxylic acids is 2. The zero-order valence-electron chi connectivity index (χ0n) is 16.7. The van der Waals surface area contributed by atoms with Crippen molar-refractivity contribution in [1.82, 2.24) is 10.6 Å². The summed E-state index contributed by atoms with van der Waals surface area (Å²) in [5.74, 6) is -3.00. The molecule has 3 rings (SSSR count). The van der Waals surface area contributed by atoms with Crippen LogP contribution >= 0.6 is 15.9 Å². The monoisotopic (exact) mass is 489 g/mol. The van der Waals surface area contributed by atoms with Crippen LogP contribution in [-0.2, 0) is 11.2 Å². The first kappa shape index (κ1) is 22.9. The zero-order chi connectivity index (χ0) is 22.4. The number of carbonyl (C=O) groups is 2. The third kappa shape index (κ3) is 6.11. The van der Waals surface area contributed by atoms with Crippen LogP contribution in [0.15, 0.2) is 46.9 Å². The number of nitrogens with one attached hydrogen (secondary N) is 2. The smallest absolute Gasteiger partial charge is 0.251 e. The van der Waals surface area contributed by atoms with Gasteiger partial charge in [-0.2, -0.15) is 5.26 Å². The topological polar surface area (TPSA) is 82.0 Å². The Morgan fingerprint density at radius 3 is 2.48 bits per heavy atom. The van der Waals surface area contributed by atoms with Gasteiger partial charge in [0.05, 0.1) is 12.0 Å². The summed E-state index contributed by atoms with van der Waals surface area (Å²) in [6.45, 7) is 0. The summed E-state index contributed by atoms with van der Waals surface area (Å²) in [6.07, 6.45) is 3.07. The molecule has 0 heterocycles. The van der Waals surface area contributed by atoms with Crippen molar-refractivity contribution in [3.05, 3.63) is 69.7 Å². The third-order valence-electron chi connectivity index (χ3n) is 5.42. The lowest BCUT2D eigenvalue weighted by Crippen LogP contribution is -2.50. The van der Waals surface area contributed by atoms with Crippen LogP contribution in [0.3, 0.4) is 0 Å². The lowest BCUT2D eigenvalue weighted by molar-refractivity contribution is -0.127. The third-order valence-corrected chi connectivity index (χ3v) is 5.95. The molecule has 2 N–H and O–H groups in total. The predicted octanol–water partition coefficient (Wildman–Crippen LogP) is 4.27. The molecule has 0 radical (unpaired) electrons. The van der Waals surface area contributed by atoms with Crippen molar-refractivity contribution in [1.29, 1.82) is 5.26 Å². The van der Waals surface area contributed by atoms with E-state index in [0.29, 0.717) is 24.0 Å². The Hall–Kier alpha value is -2.79. The van der Waals surface area contributed by atoms with Gasteiger partial charge < -0.3 is 10.6 Å².